The molecule has 20 heavy (non-hydrogen) atoms. The van der Waals surface area contributed by atoms with Crippen LogP contribution in [-0.4, -0.2) is 26.1 Å². The van der Waals surface area contributed by atoms with E-state index in [1.807, 2.05) is 31.2 Å². The quantitative estimate of drug-likeness (QED) is 0.680. The van der Waals surface area contributed by atoms with Crippen LogP contribution in [0.5, 0.6) is 0 Å². The molecule has 0 bridgehead atoms. The third-order valence-electron chi connectivity index (χ3n) is 2.89. The Morgan fingerprint density at radius 1 is 1.25 bits per heavy atom. The number of benzene rings is 1. The van der Waals surface area contributed by atoms with Gasteiger partial charge in [0.2, 0.25) is 0 Å². The zero-order valence-electron chi connectivity index (χ0n) is 10.8. The molecule has 0 unspecified atom stereocenters. The van der Waals surface area contributed by atoms with Crippen LogP contribution in [0.2, 0.25) is 0 Å². The van der Waals surface area contributed by atoms with E-state index in [-0.39, 0.29) is 5.91 Å². The van der Waals surface area contributed by atoms with Gasteiger partial charge < -0.3 is 10.3 Å². The number of rotatable bonds is 3. The number of carbonyl (C=O) groups excluding carboxylic acids is 1. The molecule has 0 saturated heterocycles. The van der Waals surface area contributed by atoms with Gasteiger partial charge in [0.05, 0.1) is 17.4 Å². The number of carbonyl (C=O) groups is 1. The van der Waals surface area contributed by atoms with E-state index in [1.54, 1.807) is 12.4 Å². The van der Waals surface area contributed by atoms with Crippen LogP contribution >= 0.6 is 0 Å². The first kappa shape index (κ1) is 12.2. The Bertz CT molecular complexity index is 730. The van der Waals surface area contributed by atoms with Crippen molar-refractivity contribution in [2.75, 3.05) is 5.32 Å². The summed E-state index contributed by atoms with van der Waals surface area (Å²) in [5, 5.41) is 9.24. The molecule has 0 fully saturated rings. The number of para-hydroxylation sites is 1. The van der Waals surface area contributed by atoms with Gasteiger partial charge in [0.1, 0.15) is 5.82 Å². The van der Waals surface area contributed by atoms with E-state index in [9.17, 15) is 4.79 Å². The topological polar surface area (TPSA) is 86.5 Å². The summed E-state index contributed by atoms with van der Waals surface area (Å²) in [4.78, 5) is 19.5. The van der Waals surface area contributed by atoms with Crippen molar-refractivity contribution in [1.29, 1.82) is 0 Å². The average Bonchev–Trinajstić information content (AvgIpc) is 3.10. The number of aromatic nitrogens is 4. The van der Waals surface area contributed by atoms with Crippen LogP contribution in [0.25, 0.3) is 11.4 Å². The van der Waals surface area contributed by atoms with Gasteiger partial charge in [-0.15, -0.1) is 0 Å². The molecule has 6 heteroatoms. The fourth-order valence-electron chi connectivity index (χ4n) is 1.92. The van der Waals surface area contributed by atoms with E-state index in [0.29, 0.717) is 11.3 Å². The highest BCUT2D eigenvalue weighted by molar-refractivity contribution is 6.05. The summed E-state index contributed by atoms with van der Waals surface area (Å²) >= 11 is 0. The number of nitrogens with one attached hydrogen (secondary N) is 3. The van der Waals surface area contributed by atoms with Crippen molar-refractivity contribution in [3.8, 4) is 11.4 Å². The van der Waals surface area contributed by atoms with Crippen molar-refractivity contribution >= 4 is 11.6 Å². The van der Waals surface area contributed by atoms with E-state index < -0.39 is 0 Å². The molecular weight excluding hydrogens is 254 g/mol. The Morgan fingerprint density at radius 3 is 2.80 bits per heavy atom. The minimum Gasteiger partial charge on any atom is -0.342 e. The number of hydrogen-bond acceptors (Lipinski definition) is 3. The van der Waals surface area contributed by atoms with E-state index in [0.717, 1.165) is 17.1 Å². The average molecular weight is 267 g/mol. The highest BCUT2D eigenvalue weighted by Crippen LogP contribution is 2.25. The Kier molecular flexibility index (Phi) is 3.04. The second-order valence-electron chi connectivity index (χ2n) is 4.40. The molecule has 0 atom stereocenters. The molecule has 2 aromatic heterocycles. The highest BCUT2D eigenvalue weighted by atomic mass is 16.1. The smallest absolute Gasteiger partial charge is 0.258 e. The van der Waals surface area contributed by atoms with Crippen molar-refractivity contribution in [3.63, 3.8) is 0 Å². The maximum Gasteiger partial charge on any atom is 0.258 e. The summed E-state index contributed by atoms with van der Waals surface area (Å²) in [6, 6.07) is 7.51. The molecule has 0 aliphatic heterocycles. The van der Waals surface area contributed by atoms with E-state index in [2.05, 4.69) is 25.5 Å². The molecule has 6 nitrogen and oxygen atoms in total. The van der Waals surface area contributed by atoms with Gasteiger partial charge in [0.25, 0.3) is 5.91 Å². The van der Waals surface area contributed by atoms with Crippen LogP contribution in [-0.2, 0) is 0 Å². The predicted molar refractivity (Wildman–Crippen MR) is 75.3 cm³/mol. The molecule has 3 aromatic rings. The van der Waals surface area contributed by atoms with Gasteiger partial charge in [-0.2, -0.15) is 5.10 Å². The van der Waals surface area contributed by atoms with Gasteiger partial charge in [-0.25, -0.2) is 4.98 Å². The summed E-state index contributed by atoms with van der Waals surface area (Å²) in [6.45, 7) is 1.93. The van der Waals surface area contributed by atoms with Crippen LogP contribution in [0.3, 0.4) is 0 Å². The lowest BCUT2D eigenvalue weighted by molar-refractivity contribution is 0.102. The highest BCUT2D eigenvalue weighted by Gasteiger charge is 2.12. The Balaban J connectivity index is 1.92. The van der Waals surface area contributed by atoms with Crippen molar-refractivity contribution in [1.82, 2.24) is 20.2 Å². The van der Waals surface area contributed by atoms with Crippen molar-refractivity contribution in [2.24, 2.45) is 0 Å². The zero-order valence-corrected chi connectivity index (χ0v) is 10.8. The second-order valence-corrected chi connectivity index (χ2v) is 4.40. The van der Waals surface area contributed by atoms with E-state index in [4.69, 9.17) is 0 Å². The molecule has 1 amide bonds. The van der Waals surface area contributed by atoms with Gasteiger partial charge in [-0.05, 0) is 19.1 Å². The molecule has 100 valence electrons. The number of aryl methyl sites for hydroxylation is 1. The number of anilines is 1. The molecule has 3 rings (SSSR count). The number of H-pyrrole nitrogens is 2. The van der Waals surface area contributed by atoms with Crippen LogP contribution in [0.4, 0.5) is 5.69 Å². The van der Waals surface area contributed by atoms with Gasteiger partial charge >= 0.3 is 0 Å². The van der Waals surface area contributed by atoms with Crippen LogP contribution < -0.4 is 5.32 Å². The first-order valence-corrected chi connectivity index (χ1v) is 6.15. The molecule has 0 radical (unpaired) electrons. The number of amides is 1. The minimum absolute atomic E-state index is 0.213. The monoisotopic (exact) mass is 267 g/mol. The standard InChI is InChI=1S/C14H13N5O/c1-9-6-15-13(18-9)11-4-2-3-5-12(11)19-14(20)10-7-16-17-8-10/h2-8H,1H3,(H,15,18)(H,16,17)(H,19,20). The number of nitrogens with zero attached hydrogens (tertiary/aromatic N) is 2. The normalized spacial score (nSPS) is 10.4. The van der Waals surface area contributed by atoms with Gasteiger partial charge in [-0.1, -0.05) is 12.1 Å². The summed E-state index contributed by atoms with van der Waals surface area (Å²) in [5.41, 5.74) is 3.00. The van der Waals surface area contributed by atoms with Crippen molar-refractivity contribution in [3.05, 3.63) is 54.1 Å². The zero-order chi connectivity index (χ0) is 13.9. The lowest BCUT2D eigenvalue weighted by atomic mass is 10.1. The van der Waals surface area contributed by atoms with Crippen molar-refractivity contribution < 1.29 is 4.79 Å². The lowest BCUT2D eigenvalue weighted by Gasteiger charge is -2.08. The van der Waals surface area contributed by atoms with Gasteiger partial charge in [0.15, 0.2) is 0 Å². The Labute approximate surface area is 115 Å². The van der Waals surface area contributed by atoms with Crippen molar-refractivity contribution in [2.45, 2.75) is 6.92 Å². The molecular formula is C14H13N5O. The first-order valence-electron chi connectivity index (χ1n) is 6.15. The molecule has 0 saturated carbocycles. The fraction of sp³-hybridized carbons (Fsp3) is 0.0714. The van der Waals surface area contributed by atoms with E-state index in [1.165, 1.54) is 6.20 Å². The van der Waals surface area contributed by atoms with Crippen LogP contribution in [0, 0.1) is 6.92 Å². The second kappa shape index (κ2) is 5.00. The molecule has 0 spiro atoms. The summed E-state index contributed by atoms with van der Waals surface area (Å²) in [6.07, 6.45) is 4.79. The van der Waals surface area contributed by atoms with Crippen LogP contribution in [0.1, 0.15) is 16.1 Å². The number of aromatic amines is 2. The largest absolute Gasteiger partial charge is 0.342 e. The molecule has 1 aromatic carbocycles. The minimum atomic E-state index is -0.213. The maximum absolute atomic E-state index is 12.1. The third-order valence-corrected chi connectivity index (χ3v) is 2.89. The van der Waals surface area contributed by atoms with Gasteiger partial charge in [0, 0.05) is 23.7 Å². The molecule has 0 aliphatic carbocycles. The summed E-state index contributed by atoms with van der Waals surface area (Å²) in [7, 11) is 0. The summed E-state index contributed by atoms with van der Waals surface area (Å²) < 4.78 is 0. The van der Waals surface area contributed by atoms with Crippen LogP contribution in [0.15, 0.2) is 42.9 Å². The van der Waals surface area contributed by atoms with E-state index >= 15 is 0 Å². The lowest BCUT2D eigenvalue weighted by Crippen LogP contribution is -2.11. The number of imidazole rings is 1. The molecule has 0 aliphatic rings. The predicted octanol–water partition coefficient (Wildman–Crippen LogP) is 2.36. The number of hydrogen-bond donors (Lipinski definition) is 3. The Morgan fingerprint density at radius 2 is 2.10 bits per heavy atom. The fourth-order valence-corrected chi connectivity index (χ4v) is 1.92. The summed E-state index contributed by atoms with van der Waals surface area (Å²) in [5.74, 6) is 0.514. The third kappa shape index (κ3) is 2.31. The molecule has 2 heterocycles. The van der Waals surface area contributed by atoms with Gasteiger partial charge in [-0.3, -0.25) is 9.89 Å². The Hall–Kier alpha value is -2.89. The maximum atomic E-state index is 12.1. The SMILES string of the molecule is Cc1cnc(-c2ccccc2NC(=O)c2cn[nH]c2)[nH]1. The molecule has 3 N–H and O–H groups in total. The first-order chi connectivity index (χ1) is 9.74.